The van der Waals surface area contributed by atoms with Crippen molar-refractivity contribution in [1.29, 1.82) is 0 Å². The van der Waals surface area contributed by atoms with E-state index in [9.17, 15) is 9.59 Å². The van der Waals surface area contributed by atoms with Gasteiger partial charge in [0, 0.05) is 16.8 Å². The molecular weight excluding hydrogens is 460 g/mol. The summed E-state index contributed by atoms with van der Waals surface area (Å²) in [5.41, 5.74) is 7.13. The van der Waals surface area contributed by atoms with Gasteiger partial charge in [-0.3, -0.25) is 9.69 Å². The average Bonchev–Trinajstić information content (AvgIpc) is 3.32. The Hall–Kier alpha value is -3.97. The number of anilines is 1. The van der Waals surface area contributed by atoms with Gasteiger partial charge in [0.25, 0.3) is 0 Å². The van der Waals surface area contributed by atoms with E-state index >= 15 is 0 Å². The molecule has 0 amide bonds. The number of nitrogens with zero attached hydrogens (tertiary/aromatic N) is 1. The highest BCUT2D eigenvalue weighted by atomic mass is 32.1. The highest BCUT2D eigenvalue weighted by molar-refractivity contribution is 7.80. The molecule has 2 aliphatic heterocycles. The van der Waals surface area contributed by atoms with Gasteiger partial charge in [0.15, 0.2) is 11.7 Å². The molecule has 3 aromatic rings. The third kappa shape index (κ3) is 3.51. The summed E-state index contributed by atoms with van der Waals surface area (Å²) in [7, 11) is 0. The van der Waals surface area contributed by atoms with Crippen LogP contribution in [0.2, 0.25) is 0 Å². The molecule has 1 fully saturated rings. The van der Waals surface area contributed by atoms with Crippen molar-refractivity contribution in [3.05, 3.63) is 114 Å². The van der Waals surface area contributed by atoms with Crippen LogP contribution in [0.15, 0.2) is 102 Å². The monoisotopic (exact) mass is 484 g/mol. The molecule has 176 valence electrons. The summed E-state index contributed by atoms with van der Waals surface area (Å²) in [4.78, 5) is 29.4. The molecule has 0 aliphatic carbocycles. The topological polar surface area (TPSA) is 81.9 Å². The Labute approximate surface area is 209 Å². The molecule has 0 spiro atoms. The maximum Gasteiger partial charge on any atom is 0.339 e. The van der Waals surface area contributed by atoms with E-state index < -0.39 is 23.5 Å². The van der Waals surface area contributed by atoms with Gasteiger partial charge in [-0.15, -0.1) is 0 Å². The Morgan fingerprint density at radius 2 is 1.54 bits per heavy atom. The number of benzene rings is 3. The van der Waals surface area contributed by atoms with E-state index in [2.05, 4.69) is 0 Å². The molecule has 0 radical (unpaired) electrons. The summed E-state index contributed by atoms with van der Waals surface area (Å²) in [6.45, 7) is 1.88. The van der Waals surface area contributed by atoms with Gasteiger partial charge >= 0.3 is 5.97 Å². The molecule has 7 heteroatoms. The minimum absolute atomic E-state index is 0.0633. The molecule has 35 heavy (non-hydrogen) atoms. The zero-order valence-corrected chi connectivity index (χ0v) is 19.9. The fourth-order valence-corrected chi connectivity index (χ4v) is 5.56. The summed E-state index contributed by atoms with van der Waals surface area (Å²) >= 11 is 6.00. The van der Waals surface area contributed by atoms with Crippen LogP contribution in [0.3, 0.4) is 0 Å². The number of carbonyl (C=O) groups is 2. The van der Waals surface area contributed by atoms with Crippen molar-refractivity contribution < 1.29 is 19.1 Å². The number of ketones is 1. The zero-order valence-electron chi connectivity index (χ0n) is 19.1. The number of para-hydroxylation sites is 1. The van der Waals surface area contributed by atoms with Gasteiger partial charge in [0.05, 0.1) is 23.4 Å². The number of nitrogens with two attached hydrogens (primary N) is 1. The van der Waals surface area contributed by atoms with Crippen molar-refractivity contribution in [2.24, 2.45) is 17.6 Å². The molecule has 1 saturated heterocycles. The fourth-order valence-electron chi connectivity index (χ4n) is 5.08. The van der Waals surface area contributed by atoms with E-state index in [-0.39, 0.29) is 23.8 Å². The second kappa shape index (κ2) is 9.00. The van der Waals surface area contributed by atoms with Crippen LogP contribution in [0.4, 0.5) is 5.69 Å². The van der Waals surface area contributed by atoms with Crippen molar-refractivity contribution in [2.45, 2.75) is 12.6 Å². The summed E-state index contributed by atoms with van der Waals surface area (Å²) in [5.74, 6) is -2.58. The third-order valence-corrected chi connectivity index (χ3v) is 6.89. The lowest BCUT2D eigenvalue weighted by Gasteiger charge is -2.39. The van der Waals surface area contributed by atoms with E-state index in [4.69, 9.17) is 27.4 Å². The van der Waals surface area contributed by atoms with Gasteiger partial charge in [0.2, 0.25) is 5.72 Å². The van der Waals surface area contributed by atoms with E-state index in [0.717, 1.165) is 11.3 Å². The standard InChI is InChI=1S/C28H24N2O4S/c1-2-33-27(32)22-23-21(24(31)18-12-6-3-7-13-18)26(35)30(20-16-10-5-11-17-20)28(23,34-25(22)29)19-14-8-4-9-15-19/h3-17,21,23H,2,29H2,1H3/t21-,23-,28+/m1/s1. The molecule has 2 aliphatic rings. The number of esters is 1. The molecule has 3 atom stereocenters. The lowest BCUT2D eigenvalue weighted by atomic mass is 9.77. The van der Waals surface area contributed by atoms with Crippen molar-refractivity contribution in [1.82, 2.24) is 0 Å². The largest absolute Gasteiger partial charge is 0.462 e. The lowest BCUT2D eigenvalue weighted by Crippen LogP contribution is -2.47. The van der Waals surface area contributed by atoms with Crippen LogP contribution in [-0.2, 0) is 20.0 Å². The minimum atomic E-state index is -1.33. The number of thiocarbonyl (C=S) groups is 1. The Morgan fingerprint density at radius 1 is 0.971 bits per heavy atom. The number of carbonyl (C=O) groups excluding carboxylic acids is 2. The second-order valence-corrected chi connectivity index (χ2v) is 8.78. The Balaban J connectivity index is 1.78. The van der Waals surface area contributed by atoms with Gasteiger partial charge in [0.1, 0.15) is 5.57 Å². The first-order chi connectivity index (χ1) is 17.0. The fraction of sp³-hybridized carbons (Fsp3) is 0.179. The lowest BCUT2D eigenvalue weighted by molar-refractivity contribution is -0.139. The maximum absolute atomic E-state index is 14.0. The highest BCUT2D eigenvalue weighted by Crippen LogP contribution is 2.58. The van der Waals surface area contributed by atoms with Crippen LogP contribution in [0, 0.1) is 11.8 Å². The number of hydrogen-bond donors (Lipinski definition) is 1. The van der Waals surface area contributed by atoms with Crippen LogP contribution < -0.4 is 10.6 Å². The van der Waals surface area contributed by atoms with Crippen LogP contribution in [0.1, 0.15) is 22.8 Å². The molecule has 5 rings (SSSR count). The Morgan fingerprint density at radius 3 is 2.14 bits per heavy atom. The molecule has 0 aromatic heterocycles. The molecule has 2 heterocycles. The third-order valence-electron chi connectivity index (χ3n) is 6.45. The van der Waals surface area contributed by atoms with Gasteiger partial charge < -0.3 is 15.2 Å². The first kappa shape index (κ1) is 22.8. The first-order valence-corrected chi connectivity index (χ1v) is 11.8. The summed E-state index contributed by atoms with van der Waals surface area (Å²) in [6.07, 6.45) is 0. The molecule has 3 aromatic carbocycles. The van der Waals surface area contributed by atoms with Gasteiger partial charge in [-0.25, -0.2) is 4.79 Å². The van der Waals surface area contributed by atoms with Gasteiger partial charge in [-0.05, 0) is 19.1 Å². The number of Topliss-reactive ketones (excluding diaryl/α,β-unsaturated/α-hetero) is 1. The number of ether oxygens (including phenoxy) is 2. The van der Waals surface area contributed by atoms with Crippen LogP contribution in [0.25, 0.3) is 0 Å². The zero-order chi connectivity index (χ0) is 24.6. The van der Waals surface area contributed by atoms with Crippen molar-refractivity contribution >= 4 is 34.6 Å². The number of fused-ring (bicyclic) bond motifs is 1. The first-order valence-electron chi connectivity index (χ1n) is 11.4. The molecule has 0 saturated carbocycles. The van der Waals surface area contributed by atoms with Crippen molar-refractivity contribution in [3.8, 4) is 0 Å². The molecule has 6 nitrogen and oxygen atoms in total. The summed E-state index contributed by atoms with van der Waals surface area (Å²) in [5, 5.41) is 0. The summed E-state index contributed by atoms with van der Waals surface area (Å²) < 4.78 is 11.8. The SMILES string of the molecule is CCOC(=O)C1=C(N)O[C@@]2(c3ccccc3)[C@@H]1[C@H](C(=O)c1ccccc1)C(=S)N2c1ccccc1. The predicted molar refractivity (Wildman–Crippen MR) is 136 cm³/mol. The molecule has 0 bridgehead atoms. The average molecular weight is 485 g/mol. The molecule has 2 N–H and O–H groups in total. The second-order valence-electron chi connectivity index (χ2n) is 8.36. The van der Waals surface area contributed by atoms with Crippen molar-refractivity contribution in [2.75, 3.05) is 11.5 Å². The van der Waals surface area contributed by atoms with Crippen molar-refractivity contribution in [3.63, 3.8) is 0 Å². The van der Waals surface area contributed by atoms with E-state index in [0.29, 0.717) is 10.6 Å². The molecular formula is C28H24N2O4S. The summed E-state index contributed by atoms with van der Waals surface area (Å²) in [6, 6.07) is 27.8. The highest BCUT2D eigenvalue weighted by Gasteiger charge is 2.68. The van der Waals surface area contributed by atoms with E-state index in [1.165, 1.54) is 0 Å². The smallest absolute Gasteiger partial charge is 0.339 e. The van der Waals surface area contributed by atoms with E-state index in [1.807, 2.05) is 71.6 Å². The Bertz CT molecular complexity index is 1310. The predicted octanol–water partition coefficient (Wildman–Crippen LogP) is 4.57. The maximum atomic E-state index is 14.0. The normalized spacial score (nSPS) is 23.1. The number of hydrogen-bond acceptors (Lipinski definition) is 6. The van der Waals surface area contributed by atoms with Crippen LogP contribution >= 0.6 is 12.2 Å². The van der Waals surface area contributed by atoms with Crippen LogP contribution in [0.5, 0.6) is 0 Å². The van der Waals surface area contributed by atoms with Gasteiger partial charge in [-0.1, -0.05) is 91.1 Å². The van der Waals surface area contributed by atoms with Crippen LogP contribution in [-0.4, -0.2) is 23.3 Å². The quantitative estimate of drug-likeness (QED) is 0.312. The minimum Gasteiger partial charge on any atom is -0.462 e. The molecule has 0 unspecified atom stereocenters. The van der Waals surface area contributed by atoms with E-state index in [1.54, 1.807) is 31.2 Å². The number of rotatable bonds is 6. The Kier molecular flexibility index (Phi) is 5.86. The van der Waals surface area contributed by atoms with Gasteiger partial charge in [-0.2, -0.15) is 0 Å².